The van der Waals surface area contributed by atoms with E-state index in [1.54, 1.807) is 12.1 Å². The Labute approximate surface area is 91.8 Å². The van der Waals surface area contributed by atoms with Gasteiger partial charge in [0.05, 0.1) is 0 Å². The highest BCUT2D eigenvalue weighted by Crippen LogP contribution is 2.31. The Morgan fingerprint density at radius 1 is 0.929 bits per heavy atom. The number of hydrogen-bond acceptors (Lipinski definition) is 2. The zero-order chi connectivity index (χ0) is 10.3. The van der Waals surface area contributed by atoms with Crippen molar-refractivity contribution in [3.05, 3.63) is 28.7 Å². The van der Waals surface area contributed by atoms with Crippen molar-refractivity contribution < 1.29 is 0 Å². The van der Waals surface area contributed by atoms with Gasteiger partial charge in [0.15, 0.2) is 0 Å². The van der Waals surface area contributed by atoms with E-state index in [9.17, 15) is 0 Å². The third-order valence-corrected chi connectivity index (χ3v) is 2.87. The van der Waals surface area contributed by atoms with E-state index in [1.807, 2.05) is 12.1 Å². The number of nitrogens with two attached hydrogens (primary N) is 2. The summed E-state index contributed by atoms with van der Waals surface area (Å²) in [4.78, 5) is 0. The van der Waals surface area contributed by atoms with E-state index < -0.39 is 0 Å². The molecule has 0 atom stereocenters. The standard InChI is InChI=1S/C10H8BBrN2/c11-5-1-3-8(14)10-6(12)2-4-7(13)9(5)10/h1-4H,13-14H2. The number of benzene rings is 2. The summed E-state index contributed by atoms with van der Waals surface area (Å²) in [5, 5.41) is 1.70. The van der Waals surface area contributed by atoms with E-state index in [2.05, 4.69) is 15.9 Å². The van der Waals surface area contributed by atoms with Crippen LogP contribution in [0.2, 0.25) is 0 Å². The van der Waals surface area contributed by atoms with Crippen LogP contribution in [0.3, 0.4) is 0 Å². The molecular weight excluding hydrogens is 239 g/mol. The number of hydrogen-bond donors (Lipinski definition) is 2. The van der Waals surface area contributed by atoms with Gasteiger partial charge in [-0.05, 0) is 18.2 Å². The minimum Gasteiger partial charge on any atom is -0.398 e. The monoisotopic (exact) mass is 246 g/mol. The summed E-state index contributed by atoms with van der Waals surface area (Å²) in [5.74, 6) is 0. The lowest BCUT2D eigenvalue weighted by Crippen LogP contribution is -2.07. The molecule has 0 aliphatic rings. The lowest BCUT2D eigenvalue weighted by Gasteiger charge is -2.10. The van der Waals surface area contributed by atoms with Gasteiger partial charge in [-0.3, -0.25) is 0 Å². The van der Waals surface area contributed by atoms with Crippen LogP contribution in [0.1, 0.15) is 0 Å². The molecule has 0 fully saturated rings. The molecule has 2 aromatic rings. The Hall–Kier alpha value is -1.16. The SMILES string of the molecule is [B]c1ccc(N)c2c(Br)ccc(N)c12. The zero-order valence-corrected chi connectivity index (χ0v) is 9.01. The summed E-state index contributed by atoms with van der Waals surface area (Å²) in [7, 11) is 5.84. The van der Waals surface area contributed by atoms with Crippen molar-refractivity contribution in [2.24, 2.45) is 0 Å². The quantitative estimate of drug-likeness (QED) is 0.548. The molecule has 68 valence electrons. The lowest BCUT2D eigenvalue weighted by atomic mass is 9.88. The molecule has 0 unspecified atom stereocenters. The molecule has 0 spiro atoms. The fraction of sp³-hybridized carbons (Fsp3) is 0. The van der Waals surface area contributed by atoms with Gasteiger partial charge in [-0.2, -0.15) is 0 Å². The Morgan fingerprint density at radius 2 is 1.50 bits per heavy atom. The molecular formula is C10H8BBrN2. The smallest absolute Gasteiger partial charge is 0.114 e. The highest BCUT2D eigenvalue weighted by atomic mass is 79.9. The maximum atomic E-state index is 5.85. The van der Waals surface area contributed by atoms with Crippen molar-refractivity contribution in [2.75, 3.05) is 11.5 Å². The Bertz CT molecular complexity index is 422. The van der Waals surface area contributed by atoms with Crippen LogP contribution in [-0.4, -0.2) is 7.85 Å². The van der Waals surface area contributed by atoms with Crippen LogP contribution in [-0.2, 0) is 0 Å². The second-order valence-corrected chi connectivity index (χ2v) is 3.98. The van der Waals surface area contributed by atoms with E-state index in [0.29, 0.717) is 16.8 Å². The molecule has 4 heteroatoms. The third kappa shape index (κ3) is 1.26. The fourth-order valence-electron chi connectivity index (χ4n) is 1.53. The molecule has 2 aromatic carbocycles. The van der Waals surface area contributed by atoms with E-state index in [0.717, 1.165) is 15.2 Å². The molecule has 2 radical (unpaired) electrons. The van der Waals surface area contributed by atoms with Gasteiger partial charge < -0.3 is 11.5 Å². The van der Waals surface area contributed by atoms with Crippen LogP contribution in [0.25, 0.3) is 10.8 Å². The minimum absolute atomic E-state index is 0.646. The Kier molecular flexibility index (Phi) is 2.15. The number of halogens is 1. The summed E-state index contributed by atoms with van der Waals surface area (Å²) < 4.78 is 0.909. The van der Waals surface area contributed by atoms with Gasteiger partial charge in [0.25, 0.3) is 0 Å². The summed E-state index contributed by atoms with van der Waals surface area (Å²) >= 11 is 3.42. The van der Waals surface area contributed by atoms with Crippen LogP contribution in [0, 0.1) is 0 Å². The van der Waals surface area contributed by atoms with Gasteiger partial charge in [0, 0.05) is 26.6 Å². The zero-order valence-electron chi connectivity index (χ0n) is 7.42. The summed E-state index contributed by atoms with van der Waals surface area (Å²) in [6.07, 6.45) is 0. The van der Waals surface area contributed by atoms with E-state index in [4.69, 9.17) is 19.3 Å². The van der Waals surface area contributed by atoms with Crippen molar-refractivity contribution in [3.8, 4) is 0 Å². The molecule has 2 nitrogen and oxygen atoms in total. The number of nitrogen functional groups attached to an aromatic ring is 2. The van der Waals surface area contributed by atoms with Gasteiger partial charge >= 0.3 is 0 Å². The predicted molar refractivity (Wildman–Crippen MR) is 65.9 cm³/mol. The van der Waals surface area contributed by atoms with Gasteiger partial charge in [-0.15, -0.1) is 0 Å². The minimum atomic E-state index is 0.646. The number of rotatable bonds is 0. The first-order valence-corrected chi connectivity index (χ1v) is 4.92. The molecule has 0 amide bonds. The maximum Gasteiger partial charge on any atom is 0.114 e. The molecule has 4 N–H and O–H groups in total. The number of fused-ring (bicyclic) bond motifs is 1. The molecule has 0 heterocycles. The maximum absolute atomic E-state index is 5.85. The van der Waals surface area contributed by atoms with Crippen molar-refractivity contribution in [1.82, 2.24) is 0 Å². The largest absolute Gasteiger partial charge is 0.398 e. The normalized spacial score (nSPS) is 10.6. The molecule has 2 rings (SSSR count). The Morgan fingerprint density at radius 3 is 2.14 bits per heavy atom. The van der Waals surface area contributed by atoms with Crippen LogP contribution >= 0.6 is 15.9 Å². The molecule has 0 saturated carbocycles. The first-order valence-electron chi connectivity index (χ1n) is 4.13. The Balaban J connectivity index is 3.05. The van der Waals surface area contributed by atoms with Gasteiger partial charge in [-0.1, -0.05) is 27.5 Å². The van der Waals surface area contributed by atoms with Crippen LogP contribution in [0.4, 0.5) is 11.4 Å². The van der Waals surface area contributed by atoms with Crippen molar-refractivity contribution >= 4 is 51.4 Å². The van der Waals surface area contributed by atoms with Crippen LogP contribution in [0.15, 0.2) is 28.7 Å². The van der Waals surface area contributed by atoms with E-state index in [-0.39, 0.29) is 0 Å². The molecule has 0 saturated heterocycles. The predicted octanol–water partition coefficient (Wildman–Crippen LogP) is 1.56. The molecule has 0 aliphatic heterocycles. The second-order valence-electron chi connectivity index (χ2n) is 3.13. The summed E-state index contributed by atoms with van der Waals surface area (Å²) in [6, 6.07) is 7.22. The van der Waals surface area contributed by atoms with Crippen molar-refractivity contribution in [3.63, 3.8) is 0 Å². The number of anilines is 2. The van der Waals surface area contributed by atoms with Crippen LogP contribution < -0.4 is 16.9 Å². The van der Waals surface area contributed by atoms with Gasteiger partial charge in [-0.25, -0.2) is 0 Å². The highest BCUT2D eigenvalue weighted by Gasteiger charge is 2.07. The van der Waals surface area contributed by atoms with E-state index in [1.165, 1.54) is 0 Å². The average molecular weight is 247 g/mol. The summed E-state index contributed by atoms with van der Waals surface area (Å²) in [6.45, 7) is 0. The van der Waals surface area contributed by atoms with Gasteiger partial charge in [0.2, 0.25) is 0 Å². The highest BCUT2D eigenvalue weighted by molar-refractivity contribution is 9.10. The average Bonchev–Trinajstić information content (AvgIpc) is 2.16. The van der Waals surface area contributed by atoms with Crippen molar-refractivity contribution in [2.45, 2.75) is 0 Å². The first kappa shape index (κ1) is 9.40. The first-order chi connectivity index (χ1) is 6.61. The topological polar surface area (TPSA) is 52.0 Å². The molecule has 14 heavy (non-hydrogen) atoms. The molecule has 0 aromatic heterocycles. The van der Waals surface area contributed by atoms with Crippen LogP contribution in [0.5, 0.6) is 0 Å². The van der Waals surface area contributed by atoms with Gasteiger partial charge in [0.1, 0.15) is 7.85 Å². The fourth-order valence-corrected chi connectivity index (χ4v) is 2.09. The van der Waals surface area contributed by atoms with E-state index >= 15 is 0 Å². The summed E-state index contributed by atoms with van der Waals surface area (Å²) in [5.41, 5.74) is 13.7. The van der Waals surface area contributed by atoms with Crippen molar-refractivity contribution in [1.29, 1.82) is 0 Å². The second kappa shape index (κ2) is 3.21. The molecule has 0 bridgehead atoms. The lowest BCUT2D eigenvalue weighted by molar-refractivity contribution is 1.70. The third-order valence-electron chi connectivity index (χ3n) is 2.21. The molecule has 0 aliphatic carbocycles.